The molecule has 19 heavy (non-hydrogen) atoms. The van der Waals surface area contributed by atoms with E-state index in [4.69, 9.17) is 23.2 Å². The molecule has 0 radical (unpaired) electrons. The number of nitrogens with zero attached hydrogens (tertiary/aromatic N) is 2. The van der Waals surface area contributed by atoms with Crippen molar-refractivity contribution in [1.82, 2.24) is 9.55 Å². The summed E-state index contributed by atoms with van der Waals surface area (Å²) in [5.74, 6) is 0. The highest BCUT2D eigenvalue weighted by Crippen LogP contribution is 2.27. The average molecular weight is 299 g/mol. The average Bonchev–Trinajstić information content (AvgIpc) is 2.83. The fourth-order valence-corrected chi connectivity index (χ4v) is 2.41. The smallest absolute Gasteiger partial charge is 0.0996 e. The lowest BCUT2D eigenvalue weighted by Gasteiger charge is -2.17. The zero-order valence-corrected chi connectivity index (χ0v) is 12.4. The van der Waals surface area contributed by atoms with Crippen molar-refractivity contribution in [2.45, 2.75) is 32.4 Å². The number of rotatable bonds is 4. The Morgan fingerprint density at radius 2 is 2.05 bits per heavy atom. The lowest BCUT2D eigenvalue weighted by atomic mass is 10.1. The number of hydrogen-bond donors (Lipinski definition) is 1. The molecule has 0 amide bonds. The molecule has 0 saturated heterocycles. The van der Waals surface area contributed by atoms with Crippen LogP contribution in [0.3, 0.4) is 0 Å². The lowest BCUT2D eigenvalue weighted by Crippen LogP contribution is -2.11. The van der Waals surface area contributed by atoms with E-state index in [0.717, 1.165) is 11.3 Å². The molecule has 1 atom stereocenters. The van der Waals surface area contributed by atoms with Crippen LogP contribution in [0, 0.1) is 0 Å². The van der Waals surface area contributed by atoms with Crippen LogP contribution in [-0.4, -0.2) is 14.7 Å². The van der Waals surface area contributed by atoms with E-state index >= 15 is 0 Å². The zero-order chi connectivity index (χ0) is 14.0. The Kier molecular flexibility index (Phi) is 4.50. The van der Waals surface area contributed by atoms with Gasteiger partial charge in [0.1, 0.15) is 0 Å². The molecule has 2 aromatic rings. The summed E-state index contributed by atoms with van der Waals surface area (Å²) in [5, 5.41) is 11.6. The van der Waals surface area contributed by atoms with Gasteiger partial charge in [-0.2, -0.15) is 0 Å². The molecule has 3 nitrogen and oxygen atoms in total. The van der Waals surface area contributed by atoms with Crippen LogP contribution in [0.4, 0.5) is 0 Å². The van der Waals surface area contributed by atoms with Crippen molar-refractivity contribution in [3.8, 4) is 0 Å². The van der Waals surface area contributed by atoms with Gasteiger partial charge in [-0.3, -0.25) is 0 Å². The number of aliphatic hydroxyl groups is 1. The number of hydrogen-bond acceptors (Lipinski definition) is 2. The molecule has 2 rings (SSSR count). The highest BCUT2D eigenvalue weighted by atomic mass is 35.5. The van der Waals surface area contributed by atoms with Gasteiger partial charge in [0.05, 0.1) is 24.3 Å². The van der Waals surface area contributed by atoms with Crippen LogP contribution in [-0.2, 0) is 6.42 Å². The van der Waals surface area contributed by atoms with E-state index in [1.807, 2.05) is 18.4 Å². The van der Waals surface area contributed by atoms with Crippen LogP contribution in [0.2, 0.25) is 10.0 Å². The van der Waals surface area contributed by atoms with Crippen molar-refractivity contribution in [3.63, 3.8) is 0 Å². The van der Waals surface area contributed by atoms with Crippen LogP contribution < -0.4 is 0 Å². The van der Waals surface area contributed by atoms with Crippen LogP contribution in [0.25, 0.3) is 0 Å². The summed E-state index contributed by atoms with van der Waals surface area (Å²) >= 11 is 12.1. The van der Waals surface area contributed by atoms with E-state index in [9.17, 15) is 5.11 Å². The quantitative estimate of drug-likeness (QED) is 0.925. The molecule has 102 valence electrons. The SMILES string of the molecule is CC(C)n1cncc1C(O)Cc1cc(Cl)ccc1Cl. The summed E-state index contributed by atoms with van der Waals surface area (Å²) in [6.07, 6.45) is 3.17. The number of imidazole rings is 1. The first-order valence-corrected chi connectivity index (χ1v) is 6.88. The molecule has 0 bridgehead atoms. The van der Waals surface area contributed by atoms with Gasteiger partial charge in [0, 0.05) is 22.5 Å². The van der Waals surface area contributed by atoms with E-state index in [1.165, 1.54) is 0 Å². The molecule has 0 spiro atoms. The Morgan fingerprint density at radius 1 is 1.32 bits per heavy atom. The molecule has 0 saturated carbocycles. The summed E-state index contributed by atoms with van der Waals surface area (Å²) in [5.41, 5.74) is 1.62. The molecular formula is C14H16Cl2N2O. The first-order chi connectivity index (χ1) is 8.99. The fourth-order valence-electron chi connectivity index (χ4n) is 2.02. The highest BCUT2D eigenvalue weighted by Gasteiger charge is 2.16. The van der Waals surface area contributed by atoms with Gasteiger partial charge in [0.25, 0.3) is 0 Å². The van der Waals surface area contributed by atoms with Gasteiger partial charge < -0.3 is 9.67 Å². The summed E-state index contributed by atoms with van der Waals surface area (Å²) in [4.78, 5) is 4.09. The second kappa shape index (κ2) is 5.95. The highest BCUT2D eigenvalue weighted by molar-refractivity contribution is 6.33. The van der Waals surface area contributed by atoms with Gasteiger partial charge in [0.2, 0.25) is 0 Å². The van der Waals surface area contributed by atoms with E-state index in [0.29, 0.717) is 16.5 Å². The molecule has 0 fully saturated rings. The predicted octanol–water partition coefficient (Wildman–Crippen LogP) is 4.05. The minimum Gasteiger partial charge on any atom is -0.386 e. The Bertz CT molecular complexity index is 566. The Hall–Kier alpha value is -1.03. The van der Waals surface area contributed by atoms with Crippen molar-refractivity contribution in [2.75, 3.05) is 0 Å². The molecule has 1 unspecified atom stereocenters. The maximum absolute atomic E-state index is 10.3. The fraction of sp³-hybridized carbons (Fsp3) is 0.357. The van der Waals surface area contributed by atoms with E-state index < -0.39 is 6.10 Å². The van der Waals surface area contributed by atoms with Gasteiger partial charge in [-0.25, -0.2) is 4.98 Å². The second-order valence-corrected chi connectivity index (χ2v) is 5.62. The van der Waals surface area contributed by atoms with Crippen LogP contribution in [0.1, 0.15) is 37.3 Å². The molecule has 1 aromatic carbocycles. The van der Waals surface area contributed by atoms with Gasteiger partial charge in [0.15, 0.2) is 0 Å². The molecule has 0 aliphatic carbocycles. The third kappa shape index (κ3) is 3.30. The van der Waals surface area contributed by atoms with Crippen molar-refractivity contribution in [1.29, 1.82) is 0 Å². The monoisotopic (exact) mass is 298 g/mol. The molecule has 1 heterocycles. The van der Waals surface area contributed by atoms with E-state index in [2.05, 4.69) is 4.98 Å². The largest absolute Gasteiger partial charge is 0.386 e. The minimum atomic E-state index is -0.652. The Labute approximate surface area is 122 Å². The lowest BCUT2D eigenvalue weighted by molar-refractivity contribution is 0.167. The molecule has 1 aromatic heterocycles. The Balaban J connectivity index is 2.23. The number of benzene rings is 1. The van der Waals surface area contributed by atoms with Gasteiger partial charge in [-0.1, -0.05) is 23.2 Å². The minimum absolute atomic E-state index is 0.252. The van der Waals surface area contributed by atoms with Crippen LogP contribution in [0.15, 0.2) is 30.7 Å². The van der Waals surface area contributed by atoms with Crippen LogP contribution in [0.5, 0.6) is 0 Å². The van der Waals surface area contributed by atoms with E-state index in [1.54, 1.807) is 30.7 Å². The predicted molar refractivity (Wildman–Crippen MR) is 77.7 cm³/mol. The molecule has 5 heteroatoms. The number of aliphatic hydroxyl groups excluding tert-OH is 1. The van der Waals surface area contributed by atoms with Gasteiger partial charge in [-0.05, 0) is 37.6 Å². The first-order valence-electron chi connectivity index (χ1n) is 6.12. The molecular weight excluding hydrogens is 283 g/mol. The first kappa shape index (κ1) is 14.4. The normalized spacial score (nSPS) is 12.9. The Morgan fingerprint density at radius 3 is 2.74 bits per heavy atom. The zero-order valence-electron chi connectivity index (χ0n) is 10.8. The maximum Gasteiger partial charge on any atom is 0.0996 e. The van der Waals surface area contributed by atoms with Crippen molar-refractivity contribution < 1.29 is 5.11 Å². The molecule has 1 N–H and O–H groups in total. The molecule has 0 aliphatic rings. The van der Waals surface area contributed by atoms with Crippen molar-refractivity contribution in [2.24, 2.45) is 0 Å². The maximum atomic E-state index is 10.3. The van der Waals surface area contributed by atoms with E-state index in [-0.39, 0.29) is 6.04 Å². The van der Waals surface area contributed by atoms with Crippen LogP contribution >= 0.6 is 23.2 Å². The second-order valence-electron chi connectivity index (χ2n) is 4.78. The summed E-state index contributed by atoms with van der Waals surface area (Å²) in [6.45, 7) is 4.09. The van der Waals surface area contributed by atoms with Gasteiger partial charge in [-0.15, -0.1) is 0 Å². The molecule has 0 aliphatic heterocycles. The third-order valence-corrected chi connectivity index (χ3v) is 3.62. The standard InChI is InChI=1S/C14H16Cl2N2O/c1-9(2)18-8-17-7-13(18)14(19)6-10-5-11(15)3-4-12(10)16/h3-5,7-9,14,19H,6H2,1-2H3. The van der Waals surface area contributed by atoms with Crippen molar-refractivity contribution in [3.05, 3.63) is 52.0 Å². The topological polar surface area (TPSA) is 38.0 Å². The number of aromatic nitrogens is 2. The summed E-state index contributed by atoms with van der Waals surface area (Å²) in [6, 6.07) is 5.51. The number of halogens is 2. The van der Waals surface area contributed by atoms with Crippen molar-refractivity contribution >= 4 is 23.2 Å². The van der Waals surface area contributed by atoms with Gasteiger partial charge >= 0.3 is 0 Å². The third-order valence-electron chi connectivity index (χ3n) is 3.01. The summed E-state index contributed by atoms with van der Waals surface area (Å²) in [7, 11) is 0. The summed E-state index contributed by atoms with van der Waals surface area (Å²) < 4.78 is 1.95.